The van der Waals surface area contributed by atoms with E-state index >= 15 is 0 Å². The van der Waals surface area contributed by atoms with E-state index in [1.807, 2.05) is 44.2 Å². The normalized spacial score (nSPS) is 12.3. The maximum atomic E-state index is 12.4. The lowest BCUT2D eigenvalue weighted by molar-refractivity contribution is 0.472. The standard InChI is InChI=1S/C15H16ClNO2S/c1-15(2,12-7-4-3-5-8-12)17-20(18,19)14-10-6-9-13(16)11-14/h3-11,17H,1-2H3. The van der Waals surface area contributed by atoms with E-state index in [4.69, 9.17) is 11.6 Å². The number of nitrogens with one attached hydrogen (secondary N) is 1. The summed E-state index contributed by atoms with van der Waals surface area (Å²) < 4.78 is 27.5. The molecule has 106 valence electrons. The molecule has 2 aromatic carbocycles. The third-order valence-electron chi connectivity index (χ3n) is 2.99. The average Bonchev–Trinajstić information content (AvgIpc) is 2.39. The van der Waals surface area contributed by atoms with Gasteiger partial charge < -0.3 is 0 Å². The molecule has 0 aliphatic carbocycles. The minimum Gasteiger partial charge on any atom is -0.207 e. The van der Waals surface area contributed by atoms with Crippen LogP contribution in [0.2, 0.25) is 5.02 Å². The molecule has 2 rings (SSSR count). The van der Waals surface area contributed by atoms with Gasteiger partial charge in [-0.25, -0.2) is 13.1 Å². The highest BCUT2D eigenvalue weighted by Gasteiger charge is 2.27. The zero-order valence-corrected chi connectivity index (χ0v) is 12.9. The Morgan fingerprint density at radius 3 is 2.25 bits per heavy atom. The number of hydrogen-bond donors (Lipinski definition) is 1. The first kappa shape index (κ1) is 15.0. The van der Waals surface area contributed by atoms with Crippen LogP contribution in [-0.4, -0.2) is 8.42 Å². The molecule has 0 saturated heterocycles. The van der Waals surface area contributed by atoms with Crippen LogP contribution in [0, 0.1) is 0 Å². The molecule has 0 heterocycles. The summed E-state index contributed by atoms with van der Waals surface area (Å²) in [5.74, 6) is 0. The van der Waals surface area contributed by atoms with Crippen LogP contribution in [0.3, 0.4) is 0 Å². The maximum Gasteiger partial charge on any atom is 0.241 e. The van der Waals surface area contributed by atoms with Gasteiger partial charge in [-0.3, -0.25) is 0 Å². The van der Waals surface area contributed by atoms with Crippen molar-refractivity contribution >= 4 is 21.6 Å². The van der Waals surface area contributed by atoms with Gasteiger partial charge in [0.2, 0.25) is 10.0 Å². The van der Waals surface area contributed by atoms with Crippen LogP contribution in [0.5, 0.6) is 0 Å². The highest BCUT2D eigenvalue weighted by Crippen LogP contribution is 2.23. The first-order valence-corrected chi connectivity index (χ1v) is 8.02. The Labute approximate surface area is 124 Å². The number of halogens is 1. The minimum atomic E-state index is -3.62. The molecule has 0 aromatic heterocycles. The van der Waals surface area contributed by atoms with Crippen molar-refractivity contribution in [2.45, 2.75) is 24.3 Å². The van der Waals surface area contributed by atoms with Gasteiger partial charge in [0.05, 0.1) is 10.4 Å². The van der Waals surface area contributed by atoms with E-state index in [0.29, 0.717) is 5.02 Å². The lowest BCUT2D eigenvalue weighted by Gasteiger charge is -2.26. The SMILES string of the molecule is CC(C)(NS(=O)(=O)c1cccc(Cl)c1)c1ccccc1. The topological polar surface area (TPSA) is 46.2 Å². The van der Waals surface area contributed by atoms with Gasteiger partial charge in [-0.05, 0) is 37.6 Å². The highest BCUT2D eigenvalue weighted by atomic mass is 35.5. The molecule has 0 unspecified atom stereocenters. The number of rotatable bonds is 4. The Bertz CT molecular complexity index is 697. The Morgan fingerprint density at radius 2 is 1.65 bits per heavy atom. The van der Waals surface area contributed by atoms with Gasteiger partial charge in [-0.15, -0.1) is 0 Å². The Hall–Kier alpha value is -1.36. The van der Waals surface area contributed by atoms with Crippen molar-refractivity contribution in [3.63, 3.8) is 0 Å². The lowest BCUT2D eigenvalue weighted by Crippen LogP contribution is -2.40. The summed E-state index contributed by atoms with van der Waals surface area (Å²) in [6.45, 7) is 3.65. The molecule has 0 aliphatic heterocycles. The molecule has 0 fully saturated rings. The van der Waals surface area contributed by atoms with Crippen molar-refractivity contribution in [3.05, 3.63) is 65.2 Å². The van der Waals surface area contributed by atoms with Gasteiger partial charge in [0.25, 0.3) is 0 Å². The van der Waals surface area contributed by atoms with Gasteiger partial charge in [-0.2, -0.15) is 0 Å². The van der Waals surface area contributed by atoms with Crippen LogP contribution in [0.15, 0.2) is 59.5 Å². The van der Waals surface area contributed by atoms with Crippen LogP contribution in [0.4, 0.5) is 0 Å². The van der Waals surface area contributed by atoms with Gasteiger partial charge in [0.1, 0.15) is 0 Å². The molecule has 0 spiro atoms. The van der Waals surface area contributed by atoms with E-state index in [2.05, 4.69) is 4.72 Å². The summed E-state index contributed by atoms with van der Waals surface area (Å²) in [6.07, 6.45) is 0. The summed E-state index contributed by atoms with van der Waals surface area (Å²) in [4.78, 5) is 0.161. The first-order chi connectivity index (χ1) is 9.31. The summed E-state index contributed by atoms with van der Waals surface area (Å²) in [6, 6.07) is 15.6. The van der Waals surface area contributed by atoms with Crippen LogP contribution >= 0.6 is 11.6 Å². The predicted octanol–water partition coefficient (Wildman–Crippen LogP) is 3.55. The second kappa shape index (κ2) is 5.56. The Balaban J connectivity index is 2.33. The van der Waals surface area contributed by atoms with E-state index in [1.165, 1.54) is 12.1 Å². The Morgan fingerprint density at radius 1 is 1.00 bits per heavy atom. The van der Waals surface area contributed by atoms with Crippen LogP contribution in [0.1, 0.15) is 19.4 Å². The molecular formula is C15H16ClNO2S. The third kappa shape index (κ3) is 3.39. The average molecular weight is 310 g/mol. The van der Waals surface area contributed by atoms with Crippen molar-refractivity contribution in [1.82, 2.24) is 4.72 Å². The lowest BCUT2D eigenvalue weighted by atomic mass is 9.96. The smallest absolute Gasteiger partial charge is 0.207 e. The fraction of sp³-hybridized carbons (Fsp3) is 0.200. The van der Waals surface area contributed by atoms with Crippen LogP contribution < -0.4 is 4.72 Å². The molecule has 0 amide bonds. The highest BCUT2D eigenvalue weighted by molar-refractivity contribution is 7.89. The number of benzene rings is 2. The van der Waals surface area contributed by atoms with Crippen molar-refractivity contribution in [2.24, 2.45) is 0 Å². The zero-order chi connectivity index (χ0) is 14.8. The molecule has 20 heavy (non-hydrogen) atoms. The van der Waals surface area contributed by atoms with Gasteiger partial charge in [-0.1, -0.05) is 48.0 Å². The van der Waals surface area contributed by atoms with Gasteiger partial charge in [0.15, 0.2) is 0 Å². The fourth-order valence-corrected chi connectivity index (χ4v) is 3.65. The molecule has 2 aromatic rings. The third-order valence-corrected chi connectivity index (χ3v) is 4.88. The van der Waals surface area contributed by atoms with Gasteiger partial charge >= 0.3 is 0 Å². The summed E-state index contributed by atoms with van der Waals surface area (Å²) in [5.41, 5.74) is 0.188. The Kier molecular flexibility index (Phi) is 4.18. The molecule has 0 atom stereocenters. The fourth-order valence-electron chi connectivity index (χ4n) is 1.94. The minimum absolute atomic E-state index is 0.161. The number of hydrogen-bond acceptors (Lipinski definition) is 2. The largest absolute Gasteiger partial charge is 0.241 e. The quantitative estimate of drug-likeness (QED) is 0.938. The van der Waals surface area contributed by atoms with Crippen molar-refractivity contribution < 1.29 is 8.42 Å². The molecule has 0 radical (unpaired) electrons. The molecular weight excluding hydrogens is 294 g/mol. The monoisotopic (exact) mass is 309 g/mol. The van der Waals surface area contributed by atoms with Crippen molar-refractivity contribution in [1.29, 1.82) is 0 Å². The summed E-state index contributed by atoms with van der Waals surface area (Å²) in [7, 11) is -3.62. The second-order valence-corrected chi connectivity index (χ2v) is 7.17. The second-order valence-electron chi connectivity index (χ2n) is 5.05. The molecule has 5 heteroatoms. The predicted molar refractivity (Wildman–Crippen MR) is 81.2 cm³/mol. The molecule has 0 bridgehead atoms. The number of sulfonamides is 1. The first-order valence-electron chi connectivity index (χ1n) is 6.16. The van der Waals surface area contributed by atoms with E-state index in [-0.39, 0.29) is 4.90 Å². The van der Waals surface area contributed by atoms with Crippen LogP contribution in [-0.2, 0) is 15.6 Å². The van der Waals surface area contributed by atoms with E-state index < -0.39 is 15.6 Å². The summed E-state index contributed by atoms with van der Waals surface area (Å²) >= 11 is 5.85. The molecule has 0 aliphatic rings. The van der Waals surface area contributed by atoms with Crippen molar-refractivity contribution in [3.8, 4) is 0 Å². The van der Waals surface area contributed by atoms with E-state index in [0.717, 1.165) is 5.56 Å². The molecule has 3 nitrogen and oxygen atoms in total. The zero-order valence-electron chi connectivity index (χ0n) is 11.3. The van der Waals surface area contributed by atoms with Crippen LogP contribution in [0.25, 0.3) is 0 Å². The van der Waals surface area contributed by atoms with Gasteiger partial charge in [0, 0.05) is 5.02 Å². The molecule has 1 N–H and O–H groups in total. The maximum absolute atomic E-state index is 12.4. The van der Waals surface area contributed by atoms with E-state index in [9.17, 15) is 8.42 Å². The van der Waals surface area contributed by atoms with Crippen molar-refractivity contribution in [2.75, 3.05) is 0 Å². The van der Waals surface area contributed by atoms with E-state index in [1.54, 1.807) is 12.1 Å². The molecule has 0 saturated carbocycles. The summed E-state index contributed by atoms with van der Waals surface area (Å²) in [5, 5.41) is 0.394.